The van der Waals surface area contributed by atoms with Gasteiger partial charge in [-0.15, -0.1) is 35.4 Å². The number of hydrogen-bond donors (Lipinski definition) is 0. The Kier molecular flexibility index (Phi) is 14.2. The van der Waals surface area contributed by atoms with Crippen molar-refractivity contribution in [3.05, 3.63) is 107 Å². The van der Waals surface area contributed by atoms with Crippen LogP contribution >= 0.6 is 0 Å². The van der Waals surface area contributed by atoms with Crippen LogP contribution in [0.1, 0.15) is 48.9 Å². The van der Waals surface area contributed by atoms with E-state index < -0.39 is 0 Å². The molecule has 2 aliphatic carbocycles. The molecule has 2 aromatic carbocycles. The van der Waals surface area contributed by atoms with E-state index >= 15 is 0 Å². The molecule has 2 aromatic rings. The van der Waals surface area contributed by atoms with Crippen molar-refractivity contribution in [1.29, 1.82) is 0 Å². The maximum atomic E-state index is 3.35. The first-order chi connectivity index (χ1) is 12.8. The van der Waals surface area contributed by atoms with Gasteiger partial charge in [0.2, 0.25) is 0 Å². The van der Waals surface area contributed by atoms with Gasteiger partial charge in [-0.2, -0.15) is 35.5 Å². The Hall–Kier alpha value is -1.14. The number of halogens is 2. The fourth-order valence-corrected chi connectivity index (χ4v) is 3.36. The summed E-state index contributed by atoms with van der Waals surface area (Å²) >= 11 is 0. The Morgan fingerprint density at radius 2 is 1.03 bits per heavy atom. The molecule has 0 aliphatic heterocycles. The van der Waals surface area contributed by atoms with Gasteiger partial charge in [-0.25, -0.2) is 0 Å². The van der Waals surface area contributed by atoms with E-state index in [4.69, 9.17) is 0 Å². The number of benzene rings is 2. The molecule has 0 saturated carbocycles. The first-order valence-corrected chi connectivity index (χ1v) is 9.54. The van der Waals surface area contributed by atoms with Gasteiger partial charge in [0.05, 0.1) is 0 Å². The second kappa shape index (κ2) is 14.8. The minimum Gasteiger partial charge on any atom is -1.00 e. The molecule has 0 amide bonds. The van der Waals surface area contributed by atoms with Gasteiger partial charge in [0.25, 0.3) is 0 Å². The summed E-state index contributed by atoms with van der Waals surface area (Å²) in [5.41, 5.74) is 8.04. The van der Waals surface area contributed by atoms with Crippen molar-refractivity contribution in [1.82, 2.24) is 0 Å². The summed E-state index contributed by atoms with van der Waals surface area (Å²) in [5, 5.41) is 0. The van der Waals surface area contributed by atoms with Crippen LogP contribution in [0.4, 0.5) is 0 Å². The summed E-state index contributed by atoms with van der Waals surface area (Å²) in [6.07, 6.45) is 19.5. The van der Waals surface area contributed by atoms with Gasteiger partial charge in [0.15, 0.2) is 0 Å². The van der Waals surface area contributed by atoms with Crippen LogP contribution in [0, 0.1) is 12.2 Å². The predicted molar refractivity (Wildman–Crippen MR) is 112 cm³/mol. The van der Waals surface area contributed by atoms with Gasteiger partial charge in [-0.05, 0) is 12.8 Å². The number of allylic oxidation sites excluding steroid dienone is 8. The van der Waals surface area contributed by atoms with Crippen molar-refractivity contribution < 1.29 is 51.0 Å². The van der Waals surface area contributed by atoms with E-state index in [1.807, 2.05) is 0 Å². The molecule has 0 spiro atoms. The van der Waals surface area contributed by atoms with E-state index in [0.29, 0.717) is 0 Å². The largest absolute Gasteiger partial charge is 4.00 e. The molecule has 0 fully saturated rings. The zero-order valence-electron chi connectivity index (χ0n) is 17.0. The van der Waals surface area contributed by atoms with Crippen LogP contribution in [0.15, 0.2) is 72.8 Å². The molecular formula is C26H26Cl2Zr. The van der Waals surface area contributed by atoms with E-state index in [9.17, 15) is 0 Å². The first-order valence-electron chi connectivity index (χ1n) is 9.54. The Morgan fingerprint density at radius 1 is 0.655 bits per heavy atom. The molecule has 0 N–H and O–H groups in total. The van der Waals surface area contributed by atoms with Gasteiger partial charge < -0.3 is 24.8 Å². The van der Waals surface area contributed by atoms with Crippen molar-refractivity contribution in [2.45, 2.75) is 39.5 Å². The third-order valence-electron chi connectivity index (χ3n) is 4.77. The van der Waals surface area contributed by atoms with Gasteiger partial charge in [0.1, 0.15) is 0 Å². The SMILES string of the molecule is CCc1ccccc1C1=[C-]CC=C1.CCc1ccccc1C1=[C-]CC=C1.[Cl-].[Cl-].[Zr+4]. The molecule has 3 heteroatoms. The smallest absolute Gasteiger partial charge is 1.00 e. The van der Waals surface area contributed by atoms with Crippen molar-refractivity contribution in [3.8, 4) is 0 Å². The van der Waals surface area contributed by atoms with Crippen LogP contribution in [0.25, 0.3) is 11.1 Å². The molecule has 29 heavy (non-hydrogen) atoms. The second-order valence-electron chi connectivity index (χ2n) is 6.42. The molecule has 0 atom stereocenters. The molecule has 0 saturated heterocycles. The van der Waals surface area contributed by atoms with Crippen molar-refractivity contribution in [2.75, 3.05) is 0 Å². The maximum Gasteiger partial charge on any atom is 4.00 e. The van der Waals surface area contributed by atoms with E-state index in [1.54, 1.807) is 0 Å². The summed E-state index contributed by atoms with van der Waals surface area (Å²) in [6.45, 7) is 4.39. The van der Waals surface area contributed by atoms with Crippen molar-refractivity contribution in [2.24, 2.45) is 0 Å². The molecule has 2 aliphatic rings. The zero-order valence-corrected chi connectivity index (χ0v) is 21.0. The van der Waals surface area contributed by atoms with Crippen molar-refractivity contribution in [3.63, 3.8) is 0 Å². The number of aryl methyl sites for hydroxylation is 2. The monoisotopic (exact) mass is 498 g/mol. The molecule has 0 nitrogen and oxygen atoms in total. The Balaban J connectivity index is 0.000000490. The normalized spacial score (nSPS) is 13.2. The summed E-state index contributed by atoms with van der Waals surface area (Å²) in [4.78, 5) is 0. The average Bonchev–Trinajstić information content (AvgIpc) is 3.42. The van der Waals surface area contributed by atoms with Crippen LogP contribution in [-0.2, 0) is 39.0 Å². The first kappa shape index (κ1) is 27.9. The minimum atomic E-state index is 0. The fourth-order valence-electron chi connectivity index (χ4n) is 3.36. The molecule has 0 aromatic heterocycles. The van der Waals surface area contributed by atoms with Crippen molar-refractivity contribution >= 4 is 11.1 Å². The zero-order chi connectivity index (χ0) is 18.2. The number of rotatable bonds is 4. The van der Waals surface area contributed by atoms with Gasteiger partial charge in [-0.1, -0.05) is 74.2 Å². The van der Waals surface area contributed by atoms with Crippen LogP contribution in [0.3, 0.4) is 0 Å². The molecule has 0 heterocycles. The van der Waals surface area contributed by atoms with E-state index in [1.165, 1.54) is 33.4 Å². The summed E-state index contributed by atoms with van der Waals surface area (Å²) in [7, 11) is 0. The van der Waals surface area contributed by atoms with Crippen LogP contribution < -0.4 is 24.8 Å². The fraction of sp³-hybridized carbons (Fsp3) is 0.231. The number of hydrogen-bond acceptors (Lipinski definition) is 0. The van der Waals surface area contributed by atoms with E-state index in [-0.39, 0.29) is 51.0 Å². The summed E-state index contributed by atoms with van der Waals surface area (Å²) in [6, 6.07) is 17.1. The maximum absolute atomic E-state index is 3.35. The predicted octanol–water partition coefficient (Wildman–Crippen LogP) is 0.796. The van der Waals surface area contributed by atoms with Crippen LogP contribution in [0.2, 0.25) is 0 Å². The second-order valence-corrected chi connectivity index (χ2v) is 6.42. The molecule has 4 rings (SSSR count). The van der Waals surface area contributed by atoms with E-state index in [0.717, 1.165) is 25.7 Å². The van der Waals surface area contributed by atoms with Crippen LogP contribution in [0.5, 0.6) is 0 Å². The Labute approximate surface area is 207 Å². The molecular weight excluding hydrogens is 474 g/mol. The summed E-state index contributed by atoms with van der Waals surface area (Å²) < 4.78 is 0. The van der Waals surface area contributed by atoms with Gasteiger partial charge >= 0.3 is 26.2 Å². The Morgan fingerprint density at radius 3 is 1.34 bits per heavy atom. The van der Waals surface area contributed by atoms with E-state index in [2.05, 4.69) is 98.8 Å². The molecule has 148 valence electrons. The third kappa shape index (κ3) is 7.56. The molecule has 0 bridgehead atoms. The van der Waals surface area contributed by atoms with Gasteiger partial charge in [-0.3, -0.25) is 0 Å². The quantitative estimate of drug-likeness (QED) is 0.545. The standard InChI is InChI=1S/2C13H13.2ClH.Zr/c2*1-2-11-7-5-6-10-13(11)12-8-3-4-9-12;;;/h2*3,5-8,10H,2,4H2,1H3;2*1H;/q2*-1;;;+4/p-2. The average molecular weight is 501 g/mol. The molecule has 0 unspecified atom stereocenters. The Bertz CT molecular complexity index is 802. The third-order valence-corrected chi connectivity index (χ3v) is 4.77. The minimum absolute atomic E-state index is 0. The molecule has 0 radical (unpaired) electrons. The summed E-state index contributed by atoms with van der Waals surface area (Å²) in [5.74, 6) is 0. The van der Waals surface area contributed by atoms with Crippen LogP contribution in [-0.4, -0.2) is 0 Å². The topological polar surface area (TPSA) is 0 Å². The van der Waals surface area contributed by atoms with Gasteiger partial charge in [0, 0.05) is 0 Å².